The molecule has 0 aliphatic rings. The van der Waals surface area contributed by atoms with Crippen LogP contribution in [0.3, 0.4) is 0 Å². The zero-order chi connectivity index (χ0) is 15.1. The van der Waals surface area contributed by atoms with Gasteiger partial charge in [-0.1, -0.05) is 25.5 Å². The van der Waals surface area contributed by atoms with Gasteiger partial charge in [0.25, 0.3) is 5.91 Å². The van der Waals surface area contributed by atoms with Crippen molar-refractivity contribution >= 4 is 28.9 Å². The van der Waals surface area contributed by atoms with Crippen molar-refractivity contribution in [2.75, 3.05) is 11.9 Å². The van der Waals surface area contributed by atoms with E-state index in [1.807, 2.05) is 18.4 Å². The highest BCUT2D eigenvalue weighted by Gasteiger charge is 2.10. The van der Waals surface area contributed by atoms with Crippen LogP contribution in [0.5, 0.6) is 0 Å². The lowest BCUT2D eigenvalue weighted by Gasteiger charge is -2.07. The van der Waals surface area contributed by atoms with Crippen LogP contribution in [0.25, 0.3) is 0 Å². The molecule has 1 aromatic carbocycles. The van der Waals surface area contributed by atoms with Crippen LogP contribution in [-0.2, 0) is 4.74 Å². The van der Waals surface area contributed by atoms with Gasteiger partial charge in [0.1, 0.15) is 0 Å². The van der Waals surface area contributed by atoms with Gasteiger partial charge >= 0.3 is 5.97 Å². The summed E-state index contributed by atoms with van der Waals surface area (Å²) in [6.07, 6.45) is 1.82. The van der Waals surface area contributed by atoms with Crippen LogP contribution in [-0.4, -0.2) is 18.5 Å². The molecule has 0 fully saturated rings. The predicted octanol–water partition coefficient (Wildman–Crippen LogP) is 3.96. The van der Waals surface area contributed by atoms with E-state index in [9.17, 15) is 9.59 Å². The number of unbranched alkanes of at least 4 members (excludes halogenated alkanes) is 1. The summed E-state index contributed by atoms with van der Waals surface area (Å²) in [7, 11) is 0. The lowest BCUT2D eigenvalue weighted by molar-refractivity contribution is 0.0499. The highest BCUT2D eigenvalue weighted by Crippen LogP contribution is 2.15. The molecular weight excluding hydrogens is 286 g/mol. The highest BCUT2D eigenvalue weighted by molar-refractivity contribution is 7.12. The lowest BCUT2D eigenvalue weighted by atomic mass is 10.2. The van der Waals surface area contributed by atoms with Gasteiger partial charge < -0.3 is 10.1 Å². The number of carbonyl (C=O) groups is 2. The number of esters is 1. The summed E-state index contributed by atoms with van der Waals surface area (Å²) in [5, 5.41) is 4.61. The monoisotopic (exact) mass is 303 g/mol. The SMILES string of the molecule is CCCCOC(=O)c1cccc(NC(=O)c2cccs2)c1. The smallest absolute Gasteiger partial charge is 0.338 e. The minimum atomic E-state index is -0.365. The Hall–Kier alpha value is -2.14. The Morgan fingerprint density at radius 1 is 1.24 bits per heavy atom. The van der Waals surface area contributed by atoms with Gasteiger partial charge in [-0.2, -0.15) is 0 Å². The van der Waals surface area contributed by atoms with Gasteiger partial charge in [0, 0.05) is 5.69 Å². The van der Waals surface area contributed by atoms with E-state index in [2.05, 4.69) is 5.32 Å². The first-order valence-corrected chi connectivity index (χ1v) is 7.70. The molecule has 2 rings (SSSR count). The van der Waals surface area contributed by atoms with Crippen LogP contribution in [0, 0.1) is 0 Å². The summed E-state index contributed by atoms with van der Waals surface area (Å²) in [5.41, 5.74) is 1.02. The Kier molecular flexibility index (Phi) is 5.51. The molecular formula is C16H17NO3S. The first-order chi connectivity index (χ1) is 10.2. The first kappa shape index (κ1) is 15.3. The fourth-order valence-electron chi connectivity index (χ4n) is 1.72. The number of hydrogen-bond acceptors (Lipinski definition) is 4. The second-order valence-electron chi connectivity index (χ2n) is 4.50. The Labute approximate surface area is 127 Å². The Bertz CT molecular complexity index is 608. The topological polar surface area (TPSA) is 55.4 Å². The molecule has 1 aromatic heterocycles. The molecule has 0 radical (unpaired) electrons. The fraction of sp³-hybridized carbons (Fsp3) is 0.250. The molecule has 0 aliphatic carbocycles. The third kappa shape index (κ3) is 4.43. The number of carbonyl (C=O) groups excluding carboxylic acids is 2. The number of anilines is 1. The van der Waals surface area contributed by atoms with Crippen molar-refractivity contribution in [3.63, 3.8) is 0 Å². The normalized spacial score (nSPS) is 10.1. The molecule has 1 amide bonds. The van der Waals surface area contributed by atoms with Crippen molar-refractivity contribution in [2.45, 2.75) is 19.8 Å². The van der Waals surface area contributed by atoms with Crippen molar-refractivity contribution in [3.05, 3.63) is 52.2 Å². The molecule has 1 heterocycles. The van der Waals surface area contributed by atoms with E-state index in [0.717, 1.165) is 12.8 Å². The number of amides is 1. The van der Waals surface area contributed by atoms with Crippen LogP contribution < -0.4 is 5.32 Å². The molecule has 4 nitrogen and oxygen atoms in total. The Morgan fingerprint density at radius 2 is 2.10 bits per heavy atom. The van der Waals surface area contributed by atoms with Crippen molar-refractivity contribution < 1.29 is 14.3 Å². The summed E-state index contributed by atoms with van der Waals surface area (Å²) in [4.78, 5) is 24.4. The molecule has 21 heavy (non-hydrogen) atoms. The molecule has 1 N–H and O–H groups in total. The molecule has 0 saturated carbocycles. The number of hydrogen-bond donors (Lipinski definition) is 1. The number of nitrogens with one attached hydrogen (secondary N) is 1. The predicted molar refractivity (Wildman–Crippen MR) is 83.9 cm³/mol. The van der Waals surface area contributed by atoms with Gasteiger partial charge in [0.15, 0.2) is 0 Å². The maximum atomic E-state index is 12.0. The van der Waals surface area contributed by atoms with Crippen molar-refractivity contribution in [1.29, 1.82) is 0 Å². The van der Waals surface area contributed by atoms with Gasteiger partial charge in [-0.25, -0.2) is 4.79 Å². The van der Waals surface area contributed by atoms with Crippen molar-refractivity contribution in [3.8, 4) is 0 Å². The highest BCUT2D eigenvalue weighted by atomic mass is 32.1. The third-order valence-electron chi connectivity index (χ3n) is 2.83. The van der Waals surface area contributed by atoms with Gasteiger partial charge in [0.2, 0.25) is 0 Å². The molecule has 0 bridgehead atoms. The van der Waals surface area contributed by atoms with Crippen LogP contribution in [0.4, 0.5) is 5.69 Å². The zero-order valence-corrected chi connectivity index (χ0v) is 12.6. The van der Waals surface area contributed by atoms with E-state index in [-0.39, 0.29) is 11.9 Å². The zero-order valence-electron chi connectivity index (χ0n) is 11.8. The van der Waals surface area contributed by atoms with Crippen molar-refractivity contribution in [1.82, 2.24) is 0 Å². The summed E-state index contributed by atoms with van der Waals surface area (Å²) in [5.74, 6) is -0.544. The maximum Gasteiger partial charge on any atom is 0.338 e. The molecule has 5 heteroatoms. The molecule has 0 aliphatic heterocycles. The summed E-state index contributed by atoms with van der Waals surface area (Å²) in [6, 6.07) is 10.3. The van der Waals surface area contributed by atoms with Crippen molar-refractivity contribution in [2.24, 2.45) is 0 Å². The standard InChI is InChI=1S/C16H17NO3S/c1-2-3-9-20-16(19)12-6-4-7-13(11-12)17-15(18)14-8-5-10-21-14/h4-8,10-11H,2-3,9H2,1H3,(H,17,18). The largest absolute Gasteiger partial charge is 0.462 e. The first-order valence-electron chi connectivity index (χ1n) is 6.82. The van der Waals surface area contributed by atoms with Gasteiger partial charge in [-0.05, 0) is 36.1 Å². The van der Waals surface area contributed by atoms with Gasteiger partial charge in [0.05, 0.1) is 17.0 Å². The Balaban J connectivity index is 2.00. The summed E-state index contributed by atoms with van der Waals surface area (Å²) >= 11 is 1.37. The second kappa shape index (κ2) is 7.59. The minimum absolute atomic E-state index is 0.179. The van der Waals surface area contributed by atoms with Crippen LogP contribution in [0.1, 0.15) is 39.8 Å². The number of thiophene rings is 1. The maximum absolute atomic E-state index is 12.0. The second-order valence-corrected chi connectivity index (χ2v) is 5.45. The van der Waals surface area contributed by atoms with E-state index >= 15 is 0 Å². The molecule has 0 spiro atoms. The summed E-state index contributed by atoms with van der Waals surface area (Å²) < 4.78 is 5.15. The van der Waals surface area contributed by atoms with E-state index in [1.54, 1.807) is 30.3 Å². The quantitative estimate of drug-likeness (QED) is 0.649. The van der Waals surface area contributed by atoms with Crippen LogP contribution in [0.15, 0.2) is 41.8 Å². The average Bonchev–Trinajstić information content (AvgIpc) is 3.02. The number of ether oxygens (including phenoxy) is 1. The van der Waals surface area contributed by atoms with E-state index in [0.29, 0.717) is 22.7 Å². The Morgan fingerprint density at radius 3 is 2.81 bits per heavy atom. The van der Waals surface area contributed by atoms with Crippen LogP contribution in [0.2, 0.25) is 0 Å². The molecule has 2 aromatic rings. The lowest BCUT2D eigenvalue weighted by Crippen LogP contribution is -2.11. The van der Waals surface area contributed by atoms with E-state index < -0.39 is 0 Å². The molecule has 110 valence electrons. The number of rotatable bonds is 6. The van der Waals surface area contributed by atoms with E-state index in [1.165, 1.54) is 11.3 Å². The molecule has 0 atom stereocenters. The fourth-order valence-corrected chi connectivity index (χ4v) is 2.34. The van der Waals surface area contributed by atoms with Gasteiger partial charge in [-0.3, -0.25) is 4.79 Å². The number of benzene rings is 1. The van der Waals surface area contributed by atoms with Crippen LogP contribution >= 0.6 is 11.3 Å². The minimum Gasteiger partial charge on any atom is -0.462 e. The third-order valence-corrected chi connectivity index (χ3v) is 3.70. The van der Waals surface area contributed by atoms with E-state index in [4.69, 9.17) is 4.74 Å². The average molecular weight is 303 g/mol. The van der Waals surface area contributed by atoms with Gasteiger partial charge in [-0.15, -0.1) is 11.3 Å². The summed E-state index contributed by atoms with van der Waals surface area (Å²) in [6.45, 7) is 2.45. The molecule has 0 saturated heterocycles. The molecule has 0 unspecified atom stereocenters.